The van der Waals surface area contributed by atoms with E-state index in [1.54, 1.807) is 12.1 Å². The van der Waals surface area contributed by atoms with Crippen molar-refractivity contribution in [1.29, 1.82) is 0 Å². The van der Waals surface area contributed by atoms with E-state index in [-0.39, 0.29) is 5.54 Å². The summed E-state index contributed by atoms with van der Waals surface area (Å²) >= 11 is 0. The molecule has 2 nitrogen and oxygen atoms in total. The van der Waals surface area contributed by atoms with Gasteiger partial charge in [0.25, 0.3) is 0 Å². The molecule has 1 aliphatic carbocycles. The maximum atomic E-state index is 9.22. The predicted molar refractivity (Wildman–Crippen MR) is 61.9 cm³/mol. The van der Waals surface area contributed by atoms with Gasteiger partial charge in [-0.05, 0) is 56.2 Å². The number of hydrogen-bond donors (Lipinski definition) is 2. The second-order valence-electron chi connectivity index (χ2n) is 5.02. The Hall–Kier alpha value is -1.02. The van der Waals surface area contributed by atoms with Gasteiger partial charge >= 0.3 is 0 Å². The van der Waals surface area contributed by atoms with Crippen molar-refractivity contribution in [3.63, 3.8) is 0 Å². The third-order valence-corrected chi connectivity index (χ3v) is 3.49. The zero-order valence-corrected chi connectivity index (χ0v) is 9.24. The highest BCUT2D eigenvalue weighted by molar-refractivity contribution is 5.28. The summed E-state index contributed by atoms with van der Waals surface area (Å²) in [4.78, 5) is 0. The van der Waals surface area contributed by atoms with E-state index in [0.29, 0.717) is 11.7 Å². The Bertz CT molecular complexity index is 319. The van der Waals surface area contributed by atoms with Crippen LogP contribution in [-0.4, -0.2) is 10.6 Å². The molecule has 0 saturated heterocycles. The highest BCUT2D eigenvalue weighted by atomic mass is 16.3. The topological polar surface area (TPSA) is 46.2 Å². The van der Waals surface area contributed by atoms with E-state index >= 15 is 0 Å². The Balaban J connectivity index is 2.04. The van der Waals surface area contributed by atoms with Crippen molar-refractivity contribution in [1.82, 2.24) is 0 Å². The van der Waals surface area contributed by atoms with Crippen molar-refractivity contribution < 1.29 is 5.11 Å². The summed E-state index contributed by atoms with van der Waals surface area (Å²) in [7, 11) is 0. The van der Waals surface area contributed by atoms with Crippen molar-refractivity contribution in [2.75, 3.05) is 0 Å². The molecule has 0 bridgehead atoms. The maximum Gasteiger partial charge on any atom is 0.115 e. The molecule has 1 fully saturated rings. The molecule has 82 valence electrons. The molecule has 2 heteroatoms. The lowest BCUT2D eigenvalue weighted by atomic mass is 9.76. The minimum atomic E-state index is 0.0351. The first-order valence-electron chi connectivity index (χ1n) is 5.65. The Morgan fingerprint density at radius 2 is 1.73 bits per heavy atom. The minimum absolute atomic E-state index is 0.0351. The van der Waals surface area contributed by atoms with Crippen LogP contribution in [0.25, 0.3) is 0 Å². The van der Waals surface area contributed by atoms with Crippen LogP contribution in [0.1, 0.15) is 44.1 Å². The smallest absolute Gasteiger partial charge is 0.115 e. The first-order valence-corrected chi connectivity index (χ1v) is 5.65. The van der Waals surface area contributed by atoms with Crippen molar-refractivity contribution in [3.8, 4) is 5.75 Å². The second kappa shape index (κ2) is 3.86. The number of aromatic hydroxyl groups is 1. The normalized spacial score (nSPS) is 31.5. The lowest BCUT2D eigenvalue weighted by Gasteiger charge is -2.34. The van der Waals surface area contributed by atoms with Crippen LogP contribution in [0.15, 0.2) is 24.3 Å². The first kappa shape index (κ1) is 10.5. The lowest BCUT2D eigenvalue weighted by Crippen LogP contribution is -2.39. The maximum absolute atomic E-state index is 9.22. The summed E-state index contributed by atoms with van der Waals surface area (Å²) in [5.74, 6) is 0.973. The van der Waals surface area contributed by atoms with E-state index in [4.69, 9.17) is 5.73 Å². The summed E-state index contributed by atoms with van der Waals surface area (Å²) in [5, 5.41) is 9.22. The summed E-state index contributed by atoms with van der Waals surface area (Å²) in [6.07, 6.45) is 4.52. The van der Waals surface area contributed by atoms with Crippen molar-refractivity contribution in [2.24, 2.45) is 5.73 Å². The Morgan fingerprint density at radius 1 is 1.20 bits per heavy atom. The van der Waals surface area contributed by atoms with Gasteiger partial charge in [-0.15, -0.1) is 0 Å². The summed E-state index contributed by atoms with van der Waals surface area (Å²) in [6.45, 7) is 2.14. The molecule has 0 heterocycles. The standard InChI is InChI=1S/C13H19NO/c1-13(14)8-6-11(7-9-13)10-2-4-12(15)5-3-10/h2-5,11,15H,6-9,14H2,1H3. The quantitative estimate of drug-likeness (QED) is 0.740. The van der Waals surface area contributed by atoms with Crippen LogP contribution < -0.4 is 5.73 Å². The van der Waals surface area contributed by atoms with Gasteiger partial charge in [-0.3, -0.25) is 0 Å². The molecule has 0 amide bonds. The molecular weight excluding hydrogens is 186 g/mol. The number of hydrogen-bond acceptors (Lipinski definition) is 2. The number of phenolic OH excluding ortho intramolecular Hbond substituents is 1. The number of benzene rings is 1. The van der Waals surface area contributed by atoms with Gasteiger partial charge < -0.3 is 10.8 Å². The van der Waals surface area contributed by atoms with Gasteiger partial charge in [0.2, 0.25) is 0 Å². The number of nitrogens with two attached hydrogens (primary N) is 1. The Kier molecular flexibility index (Phi) is 2.70. The fourth-order valence-electron chi connectivity index (χ4n) is 2.36. The molecule has 0 radical (unpaired) electrons. The van der Waals surface area contributed by atoms with Gasteiger partial charge in [0.15, 0.2) is 0 Å². The largest absolute Gasteiger partial charge is 0.508 e. The van der Waals surface area contributed by atoms with Crippen molar-refractivity contribution in [3.05, 3.63) is 29.8 Å². The minimum Gasteiger partial charge on any atom is -0.508 e. The molecule has 0 unspecified atom stereocenters. The Labute approximate surface area is 91.1 Å². The van der Waals surface area contributed by atoms with E-state index < -0.39 is 0 Å². The summed E-state index contributed by atoms with van der Waals surface area (Å²) in [5.41, 5.74) is 7.47. The Morgan fingerprint density at radius 3 is 2.27 bits per heavy atom. The highest BCUT2D eigenvalue weighted by Crippen LogP contribution is 2.36. The summed E-state index contributed by atoms with van der Waals surface area (Å²) in [6, 6.07) is 7.59. The van der Waals surface area contributed by atoms with Crippen LogP contribution in [-0.2, 0) is 0 Å². The lowest BCUT2D eigenvalue weighted by molar-refractivity contribution is 0.295. The average Bonchev–Trinajstić information content (AvgIpc) is 2.20. The summed E-state index contributed by atoms with van der Waals surface area (Å²) < 4.78 is 0. The molecule has 1 saturated carbocycles. The van der Waals surface area contributed by atoms with Crippen LogP contribution >= 0.6 is 0 Å². The van der Waals surface area contributed by atoms with Gasteiger partial charge in [-0.1, -0.05) is 12.1 Å². The molecule has 1 aromatic carbocycles. The SMILES string of the molecule is CC1(N)CCC(c2ccc(O)cc2)CC1. The molecule has 15 heavy (non-hydrogen) atoms. The van der Waals surface area contributed by atoms with Gasteiger partial charge in [0.1, 0.15) is 5.75 Å². The van der Waals surface area contributed by atoms with Crippen LogP contribution in [0.2, 0.25) is 0 Å². The fourth-order valence-corrected chi connectivity index (χ4v) is 2.36. The van der Waals surface area contributed by atoms with Crippen LogP contribution in [0.5, 0.6) is 5.75 Å². The average molecular weight is 205 g/mol. The third kappa shape index (κ3) is 2.51. The van der Waals surface area contributed by atoms with E-state index in [1.165, 1.54) is 5.56 Å². The number of phenols is 1. The molecule has 2 rings (SSSR count). The zero-order chi connectivity index (χ0) is 10.9. The molecule has 1 aliphatic rings. The monoisotopic (exact) mass is 205 g/mol. The zero-order valence-electron chi connectivity index (χ0n) is 9.24. The van der Waals surface area contributed by atoms with Crippen LogP contribution in [0.3, 0.4) is 0 Å². The van der Waals surface area contributed by atoms with E-state index in [0.717, 1.165) is 25.7 Å². The van der Waals surface area contributed by atoms with Crippen molar-refractivity contribution in [2.45, 2.75) is 44.1 Å². The molecule has 0 aliphatic heterocycles. The van der Waals surface area contributed by atoms with Gasteiger partial charge in [-0.2, -0.15) is 0 Å². The van der Waals surface area contributed by atoms with Crippen LogP contribution in [0, 0.1) is 0 Å². The number of rotatable bonds is 1. The molecule has 0 spiro atoms. The van der Waals surface area contributed by atoms with Crippen LogP contribution in [0.4, 0.5) is 0 Å². The highest BCUT2D eigenvalue weighted by Gasteiger charge is 2.27. The molecule has 0 atom stereocenters. The van der Waals surface area contributed by atoms with E-state index in [1.807, 2.05) is 12.1 Å². The first-order chi connectivity index (χ1) is 7.07. The van der Waals surface area contributed by atoms with Crippen molar-refractivity contribution >= 4 is 0 Å². The second-order valence-corrected chi connectivity index (χ2v) is 5.02. The molecule has 3 N–H and O–H groups in total. The van der Waals surface area contributed by atoms with Gasteiger partial charge in [0, 0.05) is 5.54 Å². The molecular formula is C13H19NO. The van der Waals surface area contributed by atoms with Gasteiger partial charge in [-0.25, -0.2) is 0 Å². The third-order valence-electron chi connectivity index (χ3n) is 3.49. The predicted octanol–water partition coefficient (Wildman–Crippen LogP) is 2.77. The van der Waals surface area contributed by atoms with E-state index in [2.05, 4.69) is 6.92 Å². The fraction of sp³-hybridized carbons (Fsp3) is 0.538. The van der Waals surface area contributed by atoms with Gasteiger partial charge in [0.05, 0.1) is 0 Å². The molecule has 1 aromatic rings. The van der Waals surface area contributed by atoms with E-state index in [9.17, 15) is 5.11 Å². The molecule has 0 aromatic heterocycles.